The molecule has 7 nitrogen and oxygen atoms in total. The maximum Gasteiger partial charge on any atom is 0.419 e. The lowest BCUT2D eigenvalue weighted by atomic mass is 10.1. The minimum atomic E-state index is -1.08. The fourth-order valence-corrected chi connectivity index (χ4v) is 2.36. The molecule has 0 aliphatic rings. The molecule has 2 aromatic heterocycles. The molecule has 1 N–H and O–H groups in total. The SMILES string of the molecule is CCn1c(=O)oc2ccc(-c3cc(C(=O)O)nn3C)cc21. The van der Waals surface area contributed by atoms with Crippen molar-refractivity contribution in [2.75, 3.05) is 0 Å². The Morgan fingerprint density at radius 3 is 2.76 bits per heavy atom. The van der Waals surface area contributed by atoms with Crippen LogP contribution in [0.3, 0.4) is 0 Å². The van der Waals surface area contributed by atoms with Crippen molar-refractivity contribution in [1.29, 1.82) is 0 Å². The highest BCUT2D eigenvalue weighted by Crippen LogP contribution is 2.24. The molecule has 0 spiro atoms. The second kappa shape index (κ2) is 4.62. The predicted molar refractivity (Wildman–Crippen MR) is 75.3 cm³/mol. The zero-order chi connectivity index (χ0) is 15.1. The minimum absolute atomic E-state index is 0.0207. The molecule has 0 bridgehead atoms. The molecule has 7 heteroatoms. The van der Waals surface area contributed by atoms with E-state index in [9.17, 15) is 9.59 Å². The first-order chi connectivity index (χ1) is 10.0. The average molecular weight is 287 g/mol. The topological polar surface area (TPSA) is 90.3 Å². The van der Waals surface area contributed by atoms with Crippen molar-refractivity contribution in [1.82, 2.24) is 14.3 Å². The Bertz CT molecular complexity index is 901. The van der Waals surface area contributed by atoms with Crippen LogP contribution in [0.25, 0.3) is 22.4 Å². The molecule has 0 radical (unpaired) electrons. The molecule has 0 saturated carbocycles. The van der Waals surface area contributed by atoms with Crippen LogP contribution in [0.5, 0.6) is 0 Å². The summed E-state index contributed by atoms with van der Waals surface area (Å²) >= 11 is 0. The number of nitrogens with zero attached hydrogens (tertiary/aromatic N) is 3. The van der Waals surface area contributed by atoms with Gasteiger partial charge in [-0.3, -0.25) is 9.25 Å². The number of carbonyl (C=O) groups is 1. The summed E-state index contributed by atoms with van der Waals surface area (Å²) in [5.74, 6) is -1.48. The Kier molecular flexibility index (Phi) is 2.90. The molecule has 3 rings (SSSR count). The van der Waals surface area contributed by atoms with E-state index in [0.717, 1.165) is 5.56 Å². The highest BCUT2D eigenvalue weighted by Gasteiger charge is 2.15. The van der Waals surface area contributed by atoms with Gasteiger partial charge in [0.15, 0.2) is 11.3 Å². The van der Waals surface area contributed by atoms with Crippen molar-refractivity contribution in [3.05, 3.63) is 40.5 Å². The van der Waals surface area contributed by atoms with Crippen LogP contribution in [-0.4, -0.2) is 25.4 Å². The molecule has 1 aromatic carbocycles. The summed E-state index contributed by atoms with van der Waals surface area (Å²) in [7, 11) is 1.67. The molecular formula is C14H13N3O4. The van der Waals surface area contributed by atoms with Gasteiger partial charge in [0.2, 0.25) is 0 Å². The lowest BCUT2D eigenvalue weighted by Crippen LogP contribution is -2.12. The summed E-state index contributed by atoms with van der Waals surface area (Å²) in [6.45, 7) is 2.36. The van der Waals surface area contributed by atoms with Crippen molar-refractivity contribution in [2.24, 2.45) is 7.05 Å². The maximum atomic E-state index is 11.7. The molecule has 0 unspecified atom stereocenters. The smallest absolute Gasteiger partial charge is 0.419 e. The van der Waals surface area contributed by atoms with E-state index in [1.165, 1.54) is 15.3 Å². The van der Waals surface area contributed by atoms with E-state index >= 15 is 0 Å². The van der Waals surface area contributed by atoms with Crippen LogP contribution < -0.4 is 5.76 Å². The number of hydrogen-bond donors (Lipinski definition) is 1. The van der Waals surface area contributed by atoms with Crippen molar-refractivity contribution in [2.45, 2.75) is 13.5 Å². The van der Waals surface area contributed by atoms with Gasteiger partial charge in [-0.15, -0.1) is 0 Å². The number of aromatic carboxylic acids is 1. The normalized spacial score (nSPS) is 11.1. The summed E-state index contributed by atoms with van der Waals surface area (Å²) in [5, 5.41) is 12.9. The summed E-state index contributed by atoms with van der Waals surface area (Å²) < 4.78 is 8.17. The summed E-state index contributed by atoms with van der Waals surface area (Å²) in [5.41, 5.74) is 2.59. The van der Waals surface area contributed by atoms with Crippen LogP contribution in [0, 0.1) is 0 Å². The van der Waals surface area contributed by atoms with Crippen LogP contribution in [0.2, 0.25) is 0 Å². The molecule has 0 aliphatic carbocycles. The molecule has 0 saturated heterocycles. The average Bonchev–Trinajstić information content (AvgIpc) is 2.97. The molecule has 0 amide bonds. The van der Waals surface area contributed by atoms with Crippen molar-refractivity contribution < 1.29 is 14.3 Å². The van der Waals surface area contributed by atoms with Gasteiger partial charge in [-0.2, -0.15) is 5.10 Å². The van der Waals surface area contributed by atoms with E-state index in [-0.39, 0.29) is 5.69 Å². The molecule has 3 aromatic rings. The standard InChI is InChI=1S/C14H13N3O4/c1-3-17-11-6-8(4-5-12(11)21-14(17)20)10-7-9(13(18)19)15-16(10)2/h4-7H,3H2,1-2H3,(H,18,19). The van der Waals surface area contributed by atoms with Crippen LogP contribution in [0.1, 0.15) is 17.4 Å². The molecule has 108 valence electrons. The number of rotatable bonds is 3. The maximum absolute atomic E-state index is 11.7. The lowest BCUT2D eigenvalue weighted by molar-refractivity contribution is 0.0689. The Morgan fingerprint density at radius 1 is 1.38 bits per heavy atom. The predicted octanol–water partition coefficient (Wildman–Crippen LogP) is 1.71. The zero-order valence-corrected chi connectivity index (χ0v) is 11.5. The van der Waals surface area contributed by atoms with Gasteiger partial charge in [0.1, 0.15) is 0 Å². The highest BCUT2D eigenvalue weighted by atomic mass is 16.4. The number of oxazole rings is 1. The van der Waals surface area contributed by atoms with E-state index in [2.05, 4.69) is 5.10 Å². The number of carboxylic acid groups (broad SMARTS) is 1. The van der Waals surface area contributed by atoms with Crippen LogP contribution in [0.4, 0.5) is 0 Å². The number of aromatic nitrogens is 3. The first-order valence-corrected chi connectivity index (χ1v) is 6.42. The van der Waals surface area contributed by atoms with Crippen LogP contribution in [-0.2, 0) is 13.6 Å². The van der Waals surface area contributed by atoms with Crippen molar-refractivity contribution in [3.63, 3.8) is 0 Å². The molecule has 2 heterocycles. The Balaban J connectivity index is 2.21. The van der Waals surface area contributed by atoms with E-state index in [1.807, 2.05) is 6.92 Å². The number of hydrogen-bond acceptors (Lipinski definition) is 4. The fourth-order valence-electron chi connectivity index (χ4n) is 2.36. The number of fused-ring (bicyclic) bond motifs is 1. The van der Waals surface area contributed by atoms with E-state index < -0.39 is 11.7 Å². The van der Waals surface area contributed by atoms with Crippen molar-refractivity contribution >= 4 is 17.1 Å². The third-order valence-corrected chi connectivity index (χ3v) is 3.38. The molecule has 0 atom stereocenters. The fraction of sp³-hybridized carbons (Fsp3) is 0.214. The Hall–Kier alpha value is -2.83. The van der Waals surface area contributed by atoms with Crippen LogP contribution >= 0.6 is 0 Å². The molecular weight excluding hydrogens is 274 g/mol. The van der Waals surface area contributed by atoms with Crippen molar-refractivity contribution in [3.8, 4) is 11.3 Å². The lowest BCUT2D eigenvalue weighted by Gasteiger charge is -2.02. The van der Waals surface area contributed by atoms with Gasteiger partial charge in [-0.1, -0.05) is 0 Å². The molecule has 21 heavy (non-hydrogen) atoms. The number of carboxylic acids is 1. The van der Waals surface area contributed by atoms with E-state index in [4.69, 9.17) is 9.52 Å². The van der Waals surface area contributed by atoms with E-state index in [0.29, 0.717) is 23.3 Å². The second-order valence-electron chi connectivity index (χ2n) is 4.64. The molecule has 0 aliphatic heterocycles. The van der Waals surface area contributed by atoms with Crippen LogP contribution in [0.15, 0.2) is 33.5 Å². The second-order valence-corrected chi connectivity index (χ2v) is 4.64. The van der Waals surface area contributed by atoms with Gasteiger partial charge in [0.05, 0.1) is 11.2 Å². The minimum Gasteiger partial charge on any atom is -0.476 e. The largest absolute Gasteiger partial charge is 0.476 e. The highest BCUT2D eigenvalue weighted by molar-refractivity contribution is 5.88. The zero-order valence-electron chi connectivity index (χ0n) is 11.5. The summed E-state index contributed by atoms with van der Waals surface area (Å²) in [4.78, 5) is 22.7. The quantitative estimate of drug-likeness (QED) is 0.792. The molecule has 0 fully saturated rings. The Labute approximate surface area is 119 Å². The van der Waals surface area contributed by atoms with Gasteiger partial charge in [-0.25, -0.2) is 9.59 Å². The van der Waals surface area contributed by atoms with E-state index in [1.54, 1.807) is 25.2 Å². The first kappa shape index (κ1) is 13.2. The number of benzene rings is 1. The number of aryl methyl sites for hydroxylation is 2. The van der Waals surface area contributed by atoms with Gasteiger partial charge in [-0.05, 0) is 31.2 Å². The van der Waals surface area contributed by atoms with Gasteiger partial charge in [0, 0.05) is 19.2 Å². The third kappa shape index (κ3) is 2.03. The van der Waals surface area contributed by atoms with Gasteiger partial charge >= 0.3 is 11.7 Å². The Morgan fingerprint density at radius 2 is 2.14 bits per heavy atom. The summed E-state index contributed by atoms with van der Waals surface area (Å²) in [6, 6.07) is 6.77. The third-order valence-electron chi connectivity index (χ3n) is 3.38. The van der Waals surface area contributed by atoms with Gasteiger partial charge < -0.3 is 9.52 Å². The monoisotopic (exact) mass is 287 g/mol. The van der Waals surface area contributed by atoms with Gasteiger partial charge in [0.25, 0.3) is 0 Å². The summed E-state index contributed by atoms with van der Waals surface area (Å²) in [6.07, 6.45) is 0. The first-order valence-electron chi connectivity index (χ1n) is 6.42.